The van der Waals surface area contributed by atoms with Gasteiger partial charge in [-0.2, -0.15) is 5.10 Å². The zero-order valence-electron chi connectivity index (χ0n) is 18.4. The fourth-order valence-electron chi connectivity index (χ4n) is 3.46. The number of benzene rings is 3. The number of hydrogen-bond donors (Lipinski definition) is 1. The SMILES string of the molecule is COc1ccc(OC)c(-c2csc(=NC(C)C)n2N=Cc2c(O)ccc3ccccc23)c1. The topological polar surface area (TPSA) is 68.3 Å². The number of hydrogen-bond acceptors (Lipinski definition) is 6. The van der Waals surface area contributed by atoms with Crippen molar-refractivity contribution >= 4 is 28.3 Å². The van der Waals surface area contributed by atoms with Gasteiger partial charge in [0, 0.05) is 22.5 Å². The molecule has 1 heterocycles. The van der Waals surface area contributed by atoms with E-state index < -0.39 is 0 Å². The predicted molar refractivity (Wildman–Crippen MR) is 130 cm³/mol. The van der Waals surface area contributed by atoms with Crippen LogP contribution >= 0.6 is 11.3 Å². The van der Waals surface area contributed by atoms with Crippen molar-refractivity contribution in [2.45, 2.75) is 19.9 Å². The van der Waals surface area contributed by atoms with Gasteiger partial charge < -0.3 is 14.6 Å². The maximum atomic E-state index is 10.5. The summed E-state index contributed by atoms with van der Waals surface area (Å²) in [6.45, 7) is 4.05. The normalized spacial score (nSPS) is 12.2. The molecule has 0 aliphatic rings. The monoisotopic (exact) mass is 447 g/mol. The number of thiazole rings is 1. The molecule has 0 saturated carbocycles. The van der Waals surface area contributed by atoms with Crippen LogP contribution in [0.1, 0.15) is 19.4 Å². The van der Waals surface area contributed by atoms with E-state index in [0.717, 1.165) is 32.6 Å². The summed E-state index contributed by atoms with van der Waals surface area (Å²) in [5, 5.41) is 19.2. The maximum absolute atomic E-state index is 10.5. The van der Waals surface area contributed by atoms with Gasteiger partial charge in [-0.1, -0.05) is 30.3 Å². The smallest absolute Gasteiger partial charge is 0.206 e. The molecule has 0 bridgehead atoms. The molecule has 1 N–H and O–H groups in total. The van der Waals surface area contributed by atoms with Crippen LogP contribution in [0.2, 0.25) is 0 Å². The number of phenolic OH excluding ortho intramolecular Hbond substituents is 1. The second kappa shape index (κ2) is 9.28. The number of aromatic nitrogens is 1. The highest BCUT2D eigenvalue weighted by Crippen LogP contribution is 2.34. The Balaban J connectivity index is 1.92. The third kappa shape index (κ3) is 4.24. The number of aromatic hydroxyl groups is 1. The first-order chi connectivity index (χ1) is 15.5. The molecule has 0 unspecified atom stereocenters. The second-order valence-electron chi connectivity index (χ2n) is 7.47. The van der Waals surface area contributed by atoms with Crippen molar-refractivity contribution < 1.29 is 14.6 Å². The molecule has 0 aliphatic carbocycles. The van der Waals surface area contributed by atoms with Crippen LogP contribution in [-0.2, 0) is 0 Å². The molecule has 0 spiro atoms. The van der Waals surface area contributed by atoms with E-state index in [-0.39, 0.29) is 11.8 Å². The van der Waals surface area contributed by atoms with Crippen LogP contribution in [0.25, 0.3) is 22.0 Å². The quantitative estimate of drug-likeness (QED) is 0.409. The fraction of sp³-hybridized carbons (Fsp3) is 0.200. The molecule has 6 nitrogen and oxygen atoms in total. The van der Waals surface area contributed by atoms with Gasteiger partial charge in [0.2, 0.25) is 4.80 Å². The summed E-state index contributed by atoms with van der Waals surface area (Å²) >= 11 is 1.50. The number of fused-ring (bicyclic) bond motifs is 1. The average molecular weight is 448 g/mol. The van der Waals surface area contributed by atoms with Gasteiger partial charge in [-0.25, -0.2) is 4.68 Å². The molecule has 4 aromatic rings. The lowest BCUT2D eigenvalue weighted by Gasteiger charge is -2.11. The molecule has 0 saturated heterocycles. The van der Waals surface area contributed by atoms with E-state index in [1.807, 2.05) is 67.8 Å². The zero-order chi connectivity index (χ0) is 22.7. The highest BCUT2D eigenvalue weighted by molar-refractivity contribution is 7.07. The van der Waals surface area contributed by atoms with Crippen molar-refractivity contribution in [3.05, 3.63) is 70.3 Å². The average Bonchev–Trinajstić information content (AvgIpc) is 3.19. The molecule has 4 rings (SSSR count). The molecule has 0 amide bonds. The van der Waals surface area contributed by atoms with Crippen molar-refractivity contribution in [1.82, 2.24) is 4.68 Å². The molecule has 0 atom stereocenters. The Bertz CT molecular complexity index is 1350. The van der Waals surface area contributed by atoms with Gasteiger partial charge in [-0.15, -0.1) is 11.3 Å². The summed E-state index contributed by atoms with van der Waals surface area (Å²) in [6.07, 6.45) is 1.68. The van der Waals surface area contributed by atoms with Crippen molar-refractivity contribution in [3.63, 3.8) is 0 Å². The van der Waals surface area contributed by atoms with Crippen LogP contribution in [0.4, 0.5) is 0 Å². The summed E-state index contributed by atoms with van der Waals surface area (Å²) < 4.78 is 12.8. The van der Waals surface area contributed by atoms with E-state index in [0.29, 0.717) is 11.3 Å². The minimum atomic E-state index is 0.0983. The van der Waals surface area contributed by atoms with Crippen LogP contribution in [0.15, 0.2) is 70.1 Å². The van der Waals surface area contributed by atoms with E-state index in [2.05, 4.69) is 0 Å². The number of phenols is 1. The van der Waals surface area contributed by atoms with E-state index in [1.54, 1.807) is 31.2 Å². The van der Waals surface area contributed by atoms with E-state index in [1.165, 1.54) is 11.3 Å². The highest BCUT2D eigenvalue weighted by atomic mass is 32.1. The lowest BCUT2D eigenvalue weighted by Crippen LogP contribution is -2.14. The van der Waals surface area contributed by atoms with Crippen molar-refractivity contribution in [2.75, 3.05) is 14.2 Å². The summed E-state index contributed by atoms with van der Waals surface area (Å²) in [7, 11) is 3.27. The Morgan fingerprint density at radius 2 is 1.84 bits per heavy atom. The van der Waals surface area contributed by atoms with Gasteiger partial charge in [0.05, 0.1) is 26.1 Å². The second-order valence-corrected chi connectivity index (χ2v) is 8.31. The molecule has 7 heteroatoms. The van der Waals surface area contributed by atoms with Crippen LogP contribution in [0, 0.1) is 0 Å². The molecule has 0 fully saturated rings. The van der Waals surface area contributed by atoms with Crippen LogP contribution in [0.5, 0.6) is 17.2 Å². The van der Waals surface area contributed by atoms with E-state index in [9.17, 15) is 5.11 Å². The summed E-state index contributed by atoms with van der Waals surface area (Å²) in [5.74, 6) is 1.60. The number of nitrogens with zero attached hydrogens (tertiary/aromatic N) is 3. The van der Waals surface area contributed by atoms with Gasteiger partial charge in [0.25, 0.3) is 0 Å². The molecule has 0 aliphatic heterocycles. The third-order valence-corrected chi connectivity index (χ3v) is 5.82. The molecule has 32 heavy (non-hydrogen) atoms. The van der Waals surface area contributed by atoms with Crippen molar-refractivity contribution in [2.24, 2.45) is 10.1 Å². The van der Waals surface area contributed by atoms with Gasteiger partial charge in [-0.3, -0.25) is 4.99 Å². The Kier molecular flexibility index (Phi) is 6.28. The van der Waals surface area contributed by atoms with E-state index >= 15 is 0 Å². The zero-order valence-corrected chi connectivity index (χ0v) is 19.3. The highest BCUT2D eigenvalue weighted by Gasteiger charge is 2.15. The summed E-state index contributed by atoms with van der Waals surface area (Å²) in [4.78, 5) is 5.48. The van der Waals surface area contributed by atoms with Crippen molar-refractivity contribution in [3.8, 4) is 28.5 Å². The molecular weight excluding hydrogens is 422 g/mol. The molecule has 164 valence electrons. The lowest BCUT2D eigenvalue weighted by atomic mass is 10.0. The van der Waals surface area contributed by atoms with Crippen molar-refractivity contribution in [1.29, 1.82) is 0 Å². The summed E-state index contributed by atoms with van der Waals surface area (Å²) in [6, 6.07) is 17.2. The molecule has 3 aromatic carbocycles. The largest absolute Gasteiger partial charge is 0.507 e. The number of ether oxygens (including phenoxy) is 2. The molecule has 1 aromatic heterocycles. The minimum absolute atomic E-state index is 0.0983. The van der Waals surface area contributed by atoms with Gasteiger partial charge >= 0.3 is 0 Å². The Morgan fingerprint density at radius 3 is 2.59 bits per heavy atom. The van der Waals surface area contributed by atoms with Crippen LogP contribution in [0.3, 0.4) is 0 Å². The fourth-order valence-corrected chi connectivity index (χ4v) is 4.42. The first-order valence-electron chi connectivity index (χ1n) is 10.2. The Hall–Kier alpha value is -3.58. The van der Waals surface area contributed by atoms with Crippen LogP contribution in [-0.4, -0.2) is 36.3 Å². The Labute approximate surface area is 190 Å². The Morgan fingerprint density at radius 1 is 1.03 bits per heavy atom. The van der Waals surface area contributed by atoms with Gasteiger partial charge in [0.1, 0.15) is 17.2 Å². The standard InChI is InChI=1S/C25H25N3O3S/c1-16(2)27-25-28(22(15-32-25)20-13-18(30-3)10-12-24(20)31-4)26-14-21-19-8-6-5-7-17(19)9-11-23(21)29/h5-16,29H,1-4H3. The number of methoxy groups -OCH3 is 2. The van der Waals surface area contributed by atoms with Gasteiger partial charge in [-0.05, 0) is 48.9 Å². The predicted octanol–water partition coefficient (Wildman–Crippen LogP) is 5.28. The van der Waals surface area contributed by atoms with Crippen LogP contribution < -0.4 is 14.3 Å². The minimum Gasteiger partial charge on any atom is -0.507 e. The molecular formula is C25H25N3O3S. The van der Waals surface area contributed by atoms with E-state index in [4.69, 9.17) is 19.6 Å². The first-order valence-corrected chi connectivity index (χ1v) is 11.1. The third-order valence-electron chi connectivity index (χ3n) is 4.99. The maximum Gasteiger partial charge on any atom is 0.206 e. The lowest BCUT2D eigenvalue weighted by molar-refractivity contribution is 0.404. The molecule has 0 radical (unpaired) electrons. The van der Waals surface area contributed by atoms with Gasteiger partial charge in [0.15, 0.2) is 0 Å². The number of rotatable bonds is 6. The first kappa shape index (κ1) is 21.6. The summed E-state index contributed by atoms with van der Waals surface area (Å²) in [5.41, 5.74) is 2.31.